The van der Waals surface area contributed by atoms with Crippen molar-refractivity contribution >= 4 is 5.97 Å². The Labute approximate surface area is 108 Å². The number of carbonyl (C=O) groups is 1. The second kappa shape index (κ2) is 7.01. The maximum Gasteiger partial charge on any atom is 0.322 e. The number of ether oxygens (including phenoxy) is 2. The predicted octanol–water partition coefficient (Wildman–Crippen LogP) is 1.78. The number of esters is 1. The Morgan fingerprint density at radius 2 is 1.94 bits per heavy atom. The molecule has 0 spiro atoms. The summed E-state index contributed by atoms with van der Waals surface area (Å²) >= 11 is 0. The fourth-order valence-corrected chi connectivity index (χ4v) is 1.93. The average molecular weight is 251 g/mol. The Morgan fingerprint density at radius 1 is 1.28 bits per heavy atom. The molecule has 1 aromatic carbocycles. The third-order valence-corrected chi connectivity index (χ3v) is 2.81. The number of hydrogen-bond acceptors (Lipinski definition) is 4. The Bertz CT molecular complexity index is 392. The van der Waals surface area contributed by atoms with Crippen LogP contribution >= 0.6 is 0 Å². The van der Waals surface area contributed by atoms with Crippen molar-refractivity contribution in [3.05, 3.63) is 29.8 Å². The molecule has 0 fully saturated rings. The number of nitrogens with one attached hydrogen (secondary N) is 1. The molecule has 0 saturated carbocycles. The lowest BCUT2D eigenvalue weighted by atomic mass is 10.1. The summed E-state index contributed by atoms with van der Waals surface area (Å²) in [6, 6.07) is 7.74. The van der Waals surface area contributed by atoms with Gasteiger partial charge in [0.2, 0.25) is 0 Å². The van der Waals surface area contributed by atoms with E-state index in [0.717, 1.165) is 17.7 Å². The van der Waals surface area contributed by atoms with Gasteiger partial charge in [0.25, 0.3) is 0 Å². The van der Waals surface area contributed by atoms with E-state index in [-0.39, 0.29) is 18.1 Å². The molecular weight excluding hydrogens is 230 g/mol. The zero-order chi connectivity index (χ0) is 13.5. The number of carbonyl (C=O) groups excluding carboxylic acids is 1. The van der Waals surface area contributed by atoms with Gasteiger partial charge in [-0.15, -0.1) is 0 Å². The van der Waals surface area contributed by atoms with Gasteiger partial charge in [-0.25, -0.2) is 0 Å². The molecular formula is C14H21NO3. The lowest BCUT2D eigenvalue weighted by Crippen LogP contribution is -2.41. The molecule has 0 bridgehead atoms. The summed E-state index contributed by atoms with van der Waals surface area (Å²) in [4.78, 5) is 11.3. The second-order valence-electron chi connectivity index (χ2n) is 4.33. The lowest BCUT2D eigenvalue weighted by Gasteiger charge is -2.19. The molecule has 1 unspecified atom stereocenters. The minimum atomic E-state index is -0.306. The monoisotopic (exact) mass is 251 g/mol. The van der Waals surface area contributed by atoms with E-state index >= 15 is 0 Å². The normalized spacial score (nSPS) is 13.8. The van der Waals surface area contributed by atoms with E-state index in [1.54, 1.807) is 14.0 Å². The van der Waals surface area contributed by atoms with Gasteiger partial charge < -0.3 is 14.8 Å². The Kier molecular flexibility index (Phi) is 5.65. The standard InChI is InChI=1S/C14H21NO3/c1-10(15-11(2)14(16)18-4)9-12-7-5-6-8-13(12)17-3/h5-8,10-11,15H,9H2,1-4H3/t10?,11-/m0/s1. The van der Waals surface area contributed by atoms with Gasteiger partial charge in [0, 0.05) is 6.04 Å². The van der Waals surface area contributed by atoms with Crippen molar-refractivity contribution in [2.24, 2.45) is 0 Å². The van der Waals surface area contributed by atoms with E-state index < -0.39 is 0 Å². The quantitative estimate of drug-likeness (QED) is 0.783. The van der Waals surface area contributed by atoms with E-state index in [2.05, 4.69) is 10.1 Å². The summed E-state index contributed by atoms with van der Waals surface area (Å²) in [6.45, 7) is 3.83. The van der Waals surface area contributed by atoms with E-state index in [9.17, 15) is 4.79 Å². The first-order chi connectivity index (χ1) is 8.58. The van der Waals surface area contributed by atoms with E-state index in [1.165, 1.54) is 7.11 Å². The summed E-state index contributed by atoms with van der Waals surface area (Å²) in [6.07, 6.45) is 0.797. The largest absolute Gasteiger partial charge is 0.496 e. The van der Waals surface area contributed by atoms with E-state index in [0.29, 0.717) is 0 Å². The predicted molar refractivity (Wildman–Crippen MR) is 70.8 cm³/mol. The number of rotatable bonds is 6. The van der Waals surface area contributed by atoms with Crippen molar-refractivity contribution in [2.45, 2.75) is 32.4 Å². The highest BCUT2D eigenvalue weighted by Gasteiger charge is 2.16. The first kappa shape index (κ1) is 14.5. The van der Waals surface area contributed by atoms with Crippen LogP contribution in [0, 0.1) is 0 Å². The van der Waals surface area contributed by atoms with Crippen LogP contribution in [0.5, 0.6) is 5.75 Å². The molecule has 0 aliphatic heterocycles. The Balaban J connectivity index is 2.59. The lowest BCUT2D eigenvalue weighted by molar-refractivity contribution is -0.142. The van der Waals surface area contributed by atoms with Crippen molar-refractivity contribution in [2.75, 3.05) is 14.2 Å². The van der Waals surface area contributed by atoms with Gasteiger partial charge in [0.1, 0.15) is 11.8 Å². The molecule has 1 aromatic rings. The van der Waals surface area contributed by atoms with Crippen molar-refractivity contribution in [1.29, 1.82) is 0 Å². The average Bonchev–Trinajstić information content (AvgIpc) is 2.38. The highest BCUT2D eigenvalue weighted by Crippen LogP contribution is 2.18. The van der Waals surface area contributed by atoms with Gasteiger partial charge in [-0.1, -0.05) is 18.2 Å². The van der Waals surface area contributed by atoms with Gasteiger partial charge in [-0.2, -0.15) is 0 Å². The molecule has 0 aromatic heterocycles. The molecule has 1 N–H and O–H groups in total. The smallest absolute Gasteiger partial charge is 0.322 e. The topological polar surface area (TPSA) is 47.6 Å². The Hall–Kier alpha value is -1.55. The van der Waals surface area contributed by atoms with Gasteiger partial charge in [-0.05, 0) is 31.9 Å². The molecule has 0 aliphatic carbocycles. The number of benzene rings is 1. The fraction of sp³-hybridized carbons (Fsp3) is 0.500. The first-order valence-corrected chi connectivity index (χ1v) is 6.04. The van der Waals surface area contributed by atoms with Gasteiger partial charge in [-0.3, -0.25) is 4.79 Å². The SMILES string of the molecule is COC(=O)[C@H](C)NC(C)Cc1ccccc1OC. The zero-order valence-corrected chi connectivity index (χ0v) is 11.4. The highest BCUT2D eigenvalue weighted by atomic mass is 16.5. The van der Waals surface area contributed by atoms with Crippen LogP contribution in [0.25, 0.3) is 0 Å². The molecule has 0 radical (unpaired) electrons. The Morgan fingerprint density at radius 3 is 2.56 bits per heavy atom. The zero-order valence-electron chi connectivity index (χ0n) is 11.4. The summed E-state index contributed by atoms with van der Waals surface area (Å²) in [5, 5.41) is 3.20. The molecule has 18 heavy (non-hydrogen) atoms. The first-order valence-electron chi connectivity index (χ1n) is 6.04. The van der Waals surface area contributed by atoms with Gasteiger partial charge >= 0.3 is 5.97 Å². The molecule has 2 atom stereocenters. The summed E-state index contributed by atoms with van der Waals surface area (Å²) in [5.74, 6) is 0.624. The fourth-order valence-electron chi connectivity index (χ4n) is 1.93. The highest BCUT2D eigenvalue weighted by molar-refractivity contribution is 5.75. The van der Waals surface area contributed by atoms with E-state index in [4.69, 9.17) is 4.74 Å². The second-order valence-corrected chi connectivity index (χ2v) is 4.33. The molecule has 0 saturated heterocycles. The summed E-state index contributed by atoms with van der Waals surface area (Å²) in [7, 11) is 3.05. The van der Waals surface area contributed by atoms with Gasteiger partial charge in [0.05, 0.1) is 14.2 Å². The van der Waals surface area contributed by atoms with Crippen LogP contribution in [0.3, 0.4) is 0 Å². The van der Waals surface area contributed by atoms with Crippen molar-refractivity contribution < 1.29 is 14.3 Å². The van der Waals surface area contributed by atoms with Gasteiger partial charge in [0.15, 0.2) is 0 Å². The summed E-state index contributed by atoms with van der Waals surface area (Å²) in [5.41, 5.74) is 1.12. The molecule has 100 valence electrons. The van der Waals surface area contributed by atoms with Crippen LogP contribution in [-0.4, -0.2) is 32.3 Å². The maximum absolute atomic E-state index is 11.3. The van der Waals surface area contributed by atoms with Crippen LogP contribution in [-0.2, 0) is 16.0 Å². The minimum Gasteiger partial charge on any atom is -0.496 e. The van der Waals surface area contributed by atoms with E-state index in [1.807, 2.05) is 31.2 Å². The molecule has 4 heteroatoms. The number of methoxy groups -OCH3 is 2. The van der Waals surface area contributed by atoms with Crippen LogP contribution in [0.4, 0.5) is 0 Å². The third kappa shape index (κ3) is 4.04. The third-order valence-electron chi connectivity index (χ3n) is 2.81. The molecule has 1 rings (SSSR count). The van der Waals surface area contributed by atoms with Crippen LogP contribution < -0.4 is 10.1 Å². The van der Waals surface area contributed by atoms with Crippen LogP contribution in [0.1, 0.15) is 19.4 Å². The van der Waals surface area contributed by atoms with Crippen LogP contribution in [0.2, 0.25) is 0 Å². The number of hydrogen-bond donors (Lipinski definition) is 1. The summed E-state index contributed by atoms with van der Waals surface area (Å²) < 4.78 is 9.98. The minimum absolute atomic E-state index is 0.162. The van der Waals surface area contributed by atoms with Crippen molar-refractivity contribution in [3.63, 3.8) is 0 Å². The molecule has 0 amide bonds. The van der Waals surface area contributed by atoms with Crippen molar-refractivity contribution in [1.82, 2.24) is 5.32 Å². The molecule has 0 aliphatic rings. The number of para-hydroxylation sites is 1. The molecule has 0 heterocycles. The van der Waals surface area contributed by atoms with Crippen LogP contribution in [0.15, 0.2) is 24.3 Å². The maximum atomic E-state index is 11.3. The molecule has 4 nitrogen and oxygen atoms in total. The van der Waals surface area contributed by atoms with Crippen molar-refractivity contribution in [3.8, 4) is 5.75 Å².